The molecule has 1 atom stereocenters. The second-order valence-corrected chi connectivity index (χ2v) is 13.7. The van der Waals surface area contributed by atoms with Crippen molar-refractivity contribution in [2.24, 2.45) is 0 Å². The Morgan fingerprint density at radius 1 is 0.872 bits per heavy atom. The van der Waals surface area contributed by atoms with E-state index in [1.807, 2.05) is 30.3 Å². The van der Waals surface area contributed by atoms with Gasteiger partial charge in [-0.25, -0.2) is 8.42 Å². The molecule has 0 spiro atoms. The van der Waals surface area contributed by atoms with E-state index in [4.69, 9.17) is 11.6 Å². The van der Waals surface area contributed by atoms with E-state index in [-0.39, 0.29) is 41.2 Å². The van der Waals surface area contributed by atoms with Crippen molar-refractivity contribution >= 4 is 44.8 Å². The molecule has 10 nitrogen and oxygen atoms in total. The molecule has 1 aliphatic rings. The van der Waals surface area contributed by atoms with E-state index < -0.39 is 33.4 Å². The average molecular weight is 675 g/mol. The Labute approximate surface area is 279 Å². The minimum Gasteiger partial charge on any atom is -0.352 e. The van der Waals surface area contributed by atoms with Gasteiger partial charge in [-0.3, -0.25) is 24.0 Å². The molecule has 4 aromatic rings. The number of hydrogen-bond donors (Lipinski definition) is 1. The quantitative estimate of drug-likeness (QED) is 0.134. The van der Waals surface area contributed by atoms with Gasteiger partial charge >= 0.3 is 0 Å². The molecule has 0 radical (unpaired) electrons. The molecule has 1 aliphatic carbocycles. The Kier molecular flexibility index (Phi) is 10.9. The standard InChI is InChI=1S/C35H35ClN4O6S/c36-28-20-18-27(19-21-28)24-38(33(22-26-10-3-1-4-11-26)35(42)37-29-12-7-8-13-29)34(41)25-39(30-14-9-15-31(23-30)40(43)44)47(45,46)32-16-5-2-6-17-32/h1-6,9-11,14-21,23,29,33H,7-8,12-13,22,24-25H2,(H,37,42). The molecule has 0 heterocycles. The fourth-order valence-corrected chi connectivity index (χ4v) is 7.27. The summed E-state index contributed by atoms with van der Waals surface area (Å²) in [5.74, 6) is -0.996. The number of carbonyl (C=O) groups excluding carboxylic acids is 2. The lowest BCUT2D eigenvalue weighted by molar-refractivity contribution is -0.384. The number of benzene rings is 4. The molecule has 244 valence electrons. The smallest absolute Gasteiger partial charge is 0.271 e. The van der Waals surface area contributed by atoms with Crippen LogP contribution in [0.2, 0.25) is 5.02 Å². The lowest BCUT2D eigenvalue weighted by atomic mass is 10.0. The van der Waals surface area contributed by atoms with Gasteiger partial charge in [-0.05, 0) is 54.3 Å². The third-order valence-electron chi connectivity index (χ3n) is 8.18. The minimum atomic E-state index is -4.38. The molecule has 4 aromatic carbocycles. The number of anilines is 1. The van der Waals surface area contributed by atoms with Crippen LogP contribution in [0.1, 0.15) is 36.8 Å². The number of nitro benzene ring substituents is 1. The van der Waals surface area contributed by atoms with Gasteiger partial charge in [0.25, 0.3) is 15.7 Å². The molecule has 1 saturated carbocycles. The number of carbonyl (C=O) groups is 2. The van der Waals surface area contributed by atoms with Crippen LogP contribution < -0.4 is 9.62 Å². The first-order valence-electron chi connectivity index (χ1n) is 15.3. The molecule has 47 heavy (non-hydrogen) atoms. The summed E-state index contributed by atoms with van der Waals surface area (Å²) in [6, 6.07) is 27.8. The van der Waals surface area contributed by atoms with Crippen LogP contribution in [-0.4, -0.2) is 48.7 Å². The monoisotopic (exact) mass is 674 g/mol. The van der Waals surface area contributed by atoms with Crippen molar-refractivity contribution in [3.05, 3.63) is 135 Å². The van der Waals surface area contributed by atoms with E-state index in [2.05, 4.69) is 5.32 Å². The highest BCUT2D eigenvalue weighted by atomic mass is 35.5. The molecule has 0 aliphatic heterocycles. The Balaban J connectivity index is 1.58. The van der Waals surface area contributed by atoms with Crippen LogP contribution in [0.15, 0.2) is 114 Å². The van der Waals surface area contributed by atoms with Gasteiger partial charge in [0.1, 0.15) is 12.6 Å². The zero-order chi connectivity index (χ0) is 33.4. The summed E-state index contributed by atoms with van der Waals surface area (Å²) in [5.41, 5.74) is 1.11. The van der Waals surface area contributed by atoms with Gasteiger partial charge in [0.15, 0.2) is 0 Å². The van der Waals surface area contributed by atoms with Crippen molar-refractivity contribution in [3.63, 3.8) is 0 Å². The lowest BCUT2D eigenvalue weighted by Gasteiger charge is -2.34. The summed E-state index contributed by atoms with van der Waals surface area (Å²) in [5, 5.41) is 15.3. The summed E-state index contributed by atoms with van der Waals surface area (Å²) < 4.78 is 29.0. The Bertz CT molecular complexity index is 1800. The van der Waals surface area contributed by atoms with E-state index in [1.165, 1.54) is 35.2 Å². The highest BCUT2D eigenvalue weighted by molar-refractivity contribution is 7.92. The summed E-state index contributed by atoms with van der Waals surface area (Å²) in [7, 11) is -4.38. The molecule has 12 heteroatoms. The second kappa shape index (κ2) is 15.2. The van der Waals surface area contributed by atoms with Crippen molar-refractivity contribution in [2.45, 2.75) is 55.6 Å². The first-order valence-corrected chi connectivity index (χ1v) is 17.1. The molecule has 0 saturated heterocycles. The zero-order valence-corrected chi connectivity index (χ0v) is 27.1. The van der Waals surface area contributed by atoms with Crippen molar-refractivity contribution in [2.75, 3.05) is 10.8 Å². The third-order valence-corrected chi connectivity index (χ3v) is 10.2. The van der Waals surface area contributed by atoms with Gasteiger partial charge in [-0.15, -0.1) is 0 Å². The van der Waals surface area contributed by atoms with Crippen LogP contribution in [0.3, 0.4) is 0 Å². The zero-order valence-electron chi connectivity index (χ0n) is 25.6. The van der Waals surface area contributed by atoms with Gasteiger partial charge in [-0.1, -0.05) is 91.2 Å². The number of hydrogen-bond acceptors (Lipinski definition) is 6. The Morgan fingerprint density at radius 2 is 1.51 bits per heavy atom. The largest absolute Gasteiger partial charge is 0.352 e. The molecule has 1 unspecified atom stereocenters. The van der Waals surface area contributed by atoms with E-state index in [0.29, 0.717) is 10.6 Å². The van der Waals surface area contributed by atoms with Gasteiger partial charge < -0.3 is 10.2 Å². The van der Waals surface area contributed by atoms with E-state index in [0.717, 1.165) is 41.6 Å². The lowest BCUT2D eigenvalue weighted by Crippen LogP contribution is -2.54. The Morgan fingerprint density at radius 3 is 2.15 bits per heavy atom. The van der Waals surface area contributed by atoms with Gasteiger partial charge in [0, 0.05) is 36.2 Å². The third kappa shape index (κ3) is 8.55. The molecule has 5 rings (SSSR count). The number of rotatable bonds is 13. The first kappa shape index (κ1) is 33.6. The van der Waals surface area contributed by atoms with Gasteiger partial charge in [0.05, 0.1) is 15.5 Å². The second-order valence-electron chi connectivity index (χ2n) is 11.4. The number of halogens is 1. The highest BCUT2D eigenvalue weighted by Gasteiger charge is 2.36. The number of non-ortho nitro benzene ring substituents is 1. The van der Waals surface area contributed by atoms with E-state index >= 15 is 0 Å². The summed E-state index contributed by atoms with van der Waals surface area (Å²) >= 11 is 6.14. The normalized spacial score (nSPS) is 13.9. The number of nitro groups is 1. The summed E-state index contributed by atoms with van der Waals surface area (Å²) in [6.45, 7) is -0.728. The topological polar surface area (TPSA) is 130 Å². The van der Waals surface area contributed by atoms with Crippen LogP contribution in [0.25, 0.3) is 0 Å². The van der Waals surface area contributed by atoms with Crippen LogP contribution >= 0.6 is 11.6 Å². The van der Waals surface area contributed by atoms with E-state index in [1.54, 1.807) is 42.5 Å². The highest BCUT2D eigenvalue weighted by Crippen LogP contribution is 2.28. The maximum absolute atomic E-state index is 14.5. The maximum atomic E-state index is 14.5. The average Bonchev–Trinajstić information content (AvgIpc) is 3.60. The minimum absolute atomic E-state index is 0.0141. The molecule has 0 bridgehead atoms. The summed E-state index contributed by atoms with van der Waals surface area (Å²) in [6.07, 6.45) is 3.85. The Hall–Kier alpha value is -4.74. The molecule has 1 fully saturated rings. The van der Waals surface area contributed by atoms with Crippen LogP contribution in [-0.2, 0) is 32.6 Å². The fraction of sp³-hybridized carbons (Fsp3) is 0.257. The van der Waals surface area contributed by atoms with Crippen molar-refractivity contribution in [1.29, 1.82) is 0 Å². The van der Waals surface area contributed by atoms with Gasteiger partial charge in [0.2, 0.25) is 11.8 Å². The molecular weight excluding hydrogens is 640 g/mol. The SMILES string of the molecule is O=C(NC1CCCC1)C(Cc1ccccc1)N(Cc1ccc(Cl)cc1)C(=O)CN(c1cccc([N+](=O)[O-])c1)S(=O)(=O)c1ccccc1. The molecular formula is C35H35ClN4O6S. The van der Waals surface area contributed by atoms with Crippen molar-refractivity contribution in [3.8, 4) is 0 Å². The predicted molar refractivity (Wildman–Crippen MR) is 180 cm³/mol. The van der Waals surface area contributed by atoms with Crippen molar-refractivity contribution in [1.82, 2.24) is 10.2 Å². The maximum Gasteiger partial charge on any atom is 0.271 e. The molecule has 0 aromatic heterocycles. The number of sulfonamides is 1. The van der Waals surface area contributed by atoms with Gasteiger partial charge in [-0.2, -0.15) is 0 Å². The fourth-order valence-electron chi connectivity index (χ4n) is 5.72. The number of nitrogens with zero attached hydrogens (tertiary/aromatic N) is 3. The molecule has 2 amide bonds. The van der Waals surface area contributed by atoms with Crippen LogP contribution in [0.5, 0.6) is 0 Å². The first-order chi connectivity index (χ1) is 22.6. The summed E-state index contributed by atoms with van der Waals surface area (Å²) in [4.78, 5) is 40.9. The van der Waals surface area contributed by atoms with Crippen LogP contribution in [0.4, 0.5) is 11.4 Å². The number of nitrogens with one attached hydrogen (secondary N) is 1. The molecule has 1 N–H and O–H groups in total. The van der Waals surface area contributed by atoms with Crippen LogP contribution in [0, 0.1) is 10.1 Å². The van der Waals surface area contributed by atoms with Crippen molar-refractivity contribution < 1.29 is 22.9 Å². The predicted octanol–water partition coefficient (Wildman–Crippen LogP) is 6.14. The van der Waals surface area contributed by atoms with E-state index in [9.17, 15) is 28.1 Å². The number of amides is 2.